The summed E-state index contributed by atoms with van der Waals surface area (Å²) in [6.07, 6.45) is 2.48. The van der Waals surface area contributed by atoms with Crippen LogP contribution in [0.5, 0.6) is 11.5 Å². The highest BCUT2D eigenvalue weighted by Gasteiger charge is 2.13. The molecule has 0 aromatic heterocycles. The van der Waals surface area contributed by atoms with Crippen molar-refractivity contribution in [3.63, 3.8) is 0 Å². The van der Waals surface area contributed by atoms with Gasteiger partial charge >= 0.3 is 6.09 Å². The summed E-state index contributed by atoms with van der Waals surface area (Å²) in [4.78, 5) is 11.8. The zero-order chi connectivity index (χ0) is 12.7. The molecule has 1 aliphatic heterocycles. The Kier molecular flexibility index (Phi) is 5.13. The zero-order valence-electron chi connectivity index (χ0n) is 9.54. The van der Waals surface area contributed by atoms with Gasteiger partial charge in [0.2, 0.25) is 0 Å². The fraction of sp³-hybridized carbons (Fsp3) is 0.417. The van der Waals surface area contributed by atoms with E-state index in [1.54, 1.807) is 0 Å². The van der Waals surface area contributed by atoms with Crippen molar-refractivity contribution in [2.75, 3.05) is 13.1 Å². The third kappa shape index (κ3) is 5.10. The van der Waals surface area contributed by atoms with Crippen LogP contribution in [0.1, 0.15) is 19.3 Å². The third-order valence-electron chi connectivity index (χ3n) is 2.48. The Balaban J connectivity index is 0.000000171. The van der Waals surface area contributed by atoms with E-state index in [1.807, 2.05) is 0 Å². The van der Waals surface area contributed by atoms with Crippen molar-refractivity contribution in [3.05, 3.63) is 24.3 Å². The first-order valence-corrected chi connectivity index (χ1v) is 5.55. The Labute approximate surface area is 99.9 Å². The number of phenols is 2. The summed E-state index contributed by atoms with van der Waals surface area (Å²) < 4.78 is 0. The maximum atomic E-state index is 10.3. The van der Waals surface area contributed by atoms with Gasteiger partial charge in [0.05, 0.1) is 0 Å². The number of carbonyl (C=O) groups is 1. The van der Waals surface area contributed by atoms with Crippen LogP contribution in [0.4, 0.5) is 4.79 Å². The summed E-state index contributed by atoms with van der Waals surface area (Å²) in [5.74, 6) is 0.339. The fourth-order valence-electron chi connectivity index (χ4n) is 1.54. The van der Waals surface area contributed by atoms with Crippen LogP contribution < -0.4 is 0 Å². The predicted molar refractivity (Wildman–Crippen MR) is 63.2 cm³/mol. The molecule has 1 heterocycles. The molecule has 94 valence electrons. The number of nitrogens with zero attached hydrogens (tertiary/aromatic N) is 1. The molecule has 1 saturated heterocycles. The van der Waals surface area contributed by atoms with Gasteiger partial charge in [-0.05, 0) is 43.5 Å². The summed E-state index contributed by atoms with van der Waals surface area (Å²) in [6.45, 7) is 1.46. The summed E-state index contributed by atoms with van der Waals surface area (Å²) >= 11 is 0. The minimum Gasteiger partial charge on any atom is -0.508 e. The van der Waals surface area contributed by atoms with E-state index >= 15 is 0 Å². The minimum atomic E-state index is -0.769. The monoisotopic (exact) mass is 239 g/mol. The molecule has 0 atom stereocenters. The van der Waals surface area contributed by atoms with Crippen LogP contribution in [0, 0.1) is 0 Å². The number of hydrogen-bond donors (Lipinski definition) is 3. The molecular formula is C12H17NO4. The maximum absolute atomic E-state index is 10.3. The number of piperidine rings is 1. The Hall–Kier alpha value is -1.91. The highest BCUT2D eigenvalue weighted by Crippen LogP contribution is 2.13. The molecule has 2 rings (SSSR count). The summed E-state index contributed by atoms with van der Waals surface area (Å²) in [7, 11) is 0. The molecule has 0 radical (unpaired) electrons. The van der Waals surface area contributed by atoms with E-state index < -0.39 is 6.09 Å². The van der Waals surface area contributed by atoms with E-state index in [-0.39, 0.29) is 11.5 Å². The first-order chi connectivity index (χ1) is 8.09. The highest BCUT2D eigenvalue weighted by atomic mass is 16.4. The second-order valence-corrected chi connectivity index (χ2v) is 3.85. The first-order valence-electron chi connectivity index (χ1n) is 5.55. The molecule has 0 unspecified atom stereocenters. The smallest absolute Gasteiger partial charge is 0.407 e. The maximum Gasteiger partial charge on any atom is 0.407 e. The Morgan fingerprint density at radius 1 is 0.941 bits per heavy atom. The number of likely N-dealkylation sites (tertiary alicyclic amines) is 1. The van der Waals surface area contributed by atoms with Gasteiger partial charge in [-0.2, -0.15) is 0 Å². The molecule has 1 aromatic carbocycles. The molecular weight excluding hydrogens is 222 g/mol. The van der Waals surface area contributed by atoms with Gasteiger partial charge in [-0.25, -0.2) is 4.79 Å². The van der Waals surface area contributed by atoms with Crippen molar-refractivity contribution in [1.82, 2.24) is 4.90 Å². The Morgan fingerprint density at radius 2 is 1.35 bits per heavy atom. The summed E-state index contributed by atoms with van der Waals surface area (Å²) in [5, 5.41) is 25.8. The number of rotatable bonds is 0. The molecule has 0 spiro atoms. The van der Waals surface area contributed by atoms with Gasteiger partial charge in [0.15, 0.2) is 0 Å². The fourth-order valence-corrected chi connectivity index (χ4v) is 1.54. The lowest BCUT2D eigenvalue weighted by Gasteiger charge is -2.22. The van der Waals surface area contributed by atoms with Crippen molar-refractivity contribution < 1.29 is 20.1 Å². The van der Waals surface area contributed by atoms with E-state index in [9.17, 15) is 4.79 Å². The van der Waals surface area contributed by atoms with Crippen LogP contribution in [0.25, 0.3) is 0 Å². The average molecular weight is 239 g/mol. The lowest BCUT2D eigenvalue weighted by Crippen LogP contribution is -2.34. The van der Waals surface area contributed by atoms with Crippen molar-refractivity contribution in [2.45, 2.75) is 19.3 Å². The van der Waals surface area contributed by atoms with Crippen LogP contribution >= 0.6 is 0 Å². The Morgan fingerprint density at radius 3 is 1.65 bits per heavy atom. The van der Waals surface area contributed by atoms with E-state index in [0.717, 1.165) is 25.9 Å². The highest BCUT2D eigenvalue weighted by molar-refractivity contribution is 5.64. The largest absolute Gasteiger partial charge is 0.508 e. The van der Waals surface area contributed by atoms with Gasteiger partial charge in [-0.1, -0.05) is 0 Å². The zero-order valence-corrected chi connectivity index (χ0v) is 9.54. The van der Waals surface area contributed by atoms with Crippen molar-refractivity contribution >= 4 is 6.09 Å². The van der Waals surface area contributed by atoms with E-state index in [0.29, 0.717) is 0 Å². The molecule has 1 fully saturated rings. The molecule has 1 aliphatic rings. The van der Waals surface area contributed by atoms with E-state index in [1.165, 1.54) is 35.6 Å². The van der Waals surface area contributed by atoms with E-state index in [2.05, 4.69) is 0 Å². The standard InChI is InChI=1S/C6H11NO2.C6H6O2/c8-6(9)7-4-2-1-3-5-7;7-5-1-2-6(8)4-3-5/h1-5H2,(H,8,9);1-4,7-8H. The van der Waals surface area contributed by atoms with Crippen LogP contribution in [0.2, 0.25) is 0 Å². The van der Waals surface area contributed by atoms with Gasteiger partial charge in [0, 0.05) is 13.1 Å². The molecule has 1 aromatic rings. The van der Waals surface area contributed by atoms with Crippen LogP contribution in [0.15, 0.2) is 24.3 Å². The quantitative estimate of drug-likeness (QED) is 0.606. The Bertz CT molecular complexity index is 323. The molecule has 0 bridgehead atoms. The molecule has 1 amide bonds. The summed E-state index contributed by atoms with van der Waals surface area (Å²) in [6, 6.07) is 5.70. The van der Waals surface area contributed by atoms with Crippen molar-refractivity contribution in [2.24, 2.45) is 0 Å². The minimum absolute atomic E-state index is 0.169. The van der Waals surface area contributed by atoms with Crippen LogP contribution in [-0.4, -0.2) is 39.4 Å². The number of aromatic hydroxyl groups is 2. The molecule has 0 aliphatic carbocycles. The molecule has 5 heteroatoms. The van der Waals surface area contributed by atoms with Crippen molar-refractivity contribution in [3.8, 4) is 11.5 Å². The van der Waals surface area contributed by atoms with Crippen LogP contribution in [-0.2, 0) is 0 Å². The van der Waals surface area contributed by atoms with Gasteiger partial charge in [0.1, 0.15) is 11.5 Å². The average Bonchev–Trinajstić information content (AvgIpc) is 2.35. The first kappa shape index (κ1) is 13.2. The van der Waals surface area contributed by atoms with Gasteiger partial charge < -0.3 is 20.2 Å². The third-order valence-corrected chi connectivity index (χ3v) is 2.48. The second-order valence-electron chi connectivity index (χ2n) is 3.85. The topological polar surface area (TPSA) is 81.0 Å². The van der Waals surface area contributed by atoms with Crippen LogP contribution in [0.3, 0.4) is 0 Å². The molecule has 0 saturated carbocycles. The van der Waals surface area contributed by atoms with Gasteiger partial charge in [-0.3, -0.25) is 0 Å². The van der Waals surface area contributed by atoms with Gasteiger partial charge in [0.25, 0.3) is 0 Å². The van der Waals surface area contributed by atoms with E-state index in [4.69, 9.17) is 15.3 Å². The van der Waals surface area contributed by atoms with Gasteiger partial charge in [-0.15, -0.1) is 0 Å². The lowest BCUT2D eigenvalue weighted by molar-refractivity contribution is 0.136. The predicted octanol–water partition coefficient (Wildman–Crippen LogP) is 2.25. The molecule has 17 heavy (non-hydrogen) atoms. The molecule has 3 N–H and O–H groups in total. The number of amides is 1. The lowest BCUT2D eigenvalue weighted by atomic mass is 10.1. The van der Waals surface area contributed by atoms with Crippen molar-refractivity contribution in [1.29, 1.82) is 0 Å². The SMILES string of the molecule is O=C(O)N1CCCCC1.Oc1ccc(O)cc1. The second kappa shape index (κ2) is 6.62. The molecule has 5 nitrogen and oxygen atoms in total. The number of benzene rings is 1. The normalized spacial score (nSPS) is 14.7. The number of phenolic OH excluding ortho intramolecular Hbond substituents is 2. The summed E-state index contributed by atoms with van der Waals surface area (Å²) in [5.41, 5.74) is 0. The number of hydrogen-bond acceptors (Lipinski definition) is 3. The number of carboxylic acid groups (broad SMARTS) is 1.